The van der Waals surface area contributed by atoms with E-state index in [-0.39, 0.29) is 0 Å². The Morgan fingerprint density at radius 2 is 0.864 bits per heavy atom. The van der Waals surface area contributed by atoms with Crippen LogP contribution in [0.5, 0.6) is 0 Å². The lowest BCUT2D eigenvalue weighted by Gasteiger charge is -2.38. The van der Waals surface area contributed by atoms with Gasteiger partial charge in [0.05, 0.1) is 0 Å². The Hall–Kier alpha value is -0.560. The Bertz CT molecular complexity index is 390. The molecule has 0 amide bonds. The second-order valence-corrected chi connectivity index (χ2v) is 4.65. The molecule has 0 rings (SSSR count). The van der Waals surface area contributed by atoms with E-state index < -0.39 is 48.0 Å². The van der Waals surface area contributed by atoms with Gasteiger partial charge in [-0.15, -0.1) is 0 Å². The Balaban J connectivity index is 5.69. The van der Waals surface area contributed by atoms with Crippen LogP contribution in [0.3, 0.4) is 0 Å². The molecule has 14 heteroatoms. The molecule has 134 valence electrons. The molecule has 0 saturated carbocycles. The molecule has 0 fully saturated rings. The summed E-state index contributed by atoms with van der Waals surface area (Å²) in [5, 5.41) is -6.14. The Morgan fingerprint density at radius 3 is 1.14 bits per heavy atom. The van der Waals surface area contributed by atoms with Gasteiger partial charge in [0.15, 0.2) is 0 Å². The second kappa shape index (κ2) is 5.51. The molecule has 0 aromatic carbocycles. The number of hydrogen-bond donors (Lipinski definition) is 1. The first-order valence-corrected chi connectivity index (χ1v) is 5.33. The standard InChI is InChI=1S/C8H5F13S/c9-3(10,1-2-4(11,12)13)5(14,15)6(16,17)7(18,19)8(20,21)22/h22H,1-2H2. The van der Waals surface area contributed by atoms with E-state index >= 15 is 0 Å². The van der Waals surface area contributed by atoms with Crippen molar-refractivity contribution in [2.24, 2.45) is 0 Å². The second-order valence-electron chi connectivity index (χ2n) is 4.08. The van der Waals surface area contributed by atoms with Crippen LogP contribution in [0.15, 0.2) is 0 Å². The summed E-state index contributed by atoms with van der Waals surface area (Å²) in [5.41, 5.74) is 0. The highest BCUT2D eigenvalue weighted by molar-refractivity contribution is 7.81. The maximum atomic E-state index is 12.9. The summed E-state index contributed by atoms with van der Waals surface area (Å²) in [5.74, 6) is -28.0. The van der Waals surface area contributed by atoms with Gasteiger partial charge >= 0.3 is 35.1 Å². The van der Waals surface area contributed by atoms with Crippen molar-refractivity contribution in [1.29, 1.82) is 0 Å². The van der Waals surface area contributed by atoms with E-state index in [1.807, 2.05) is 0 Å². The SMILES string of the molecule is FC(F)(F)CCC(F)(F)C(F)(F)C(F)(F)C(F)(F)C(F)(F)S. The topological polar surface area (TPSA) is 0 Å². The van der Waals surface area contributed by atoms with Crippen molar-refractivity contribution in [3.05, 3.63) is 0 Å². The fourth-order valence-electron chi connectivity index (χ4n) is 1.07. The molecule has 0 heterocycles. The van der Waals surface area contributed by atoms with E-state index in [0.29, 0.717) is 0 Å². The Kier molecular flexibility index (Phi) is 5.37. The van der Waals surface area contributed by atoms with Crippen LogP contribution in [0.2, 0.25) is 0 Å². The molecule has 0 aromatic heterocycles. The normalized spacial score (nSPS) is 16.1. The quantitative estimate of drug-likeness (QED) is 0.464. The number of alkyl halides is 13. The van der Waals surface area contributed by atoms with Gasteiger partial charge in [-0.1, -0.05) is 12.6 Å². The number of hydrogen-bond acceptors (Lipinski definition) is 1. The van der Waals surface area contributed by atoms with Gasteiger partial charge in [-0.25, -0.2) is 0 Å². The van der Waals surface area contributed by atoms with E-state index in [4.69, 9.17) is 0 Å². The van der Waals surface area contributed by atoms with Crippen LogP contribution in [0.4, 0.5) is 57.1 Å². The number of halogens is 13. The van der Waals surface area contributed by atoms with Gasteiger partial charge in [0.2, 0.25) is 0 Å². The zero-order valence-corrected chi connectivity index (χ0v) is 10.7. The van der Waals surface area contributed by atoms with Crippen LogP contribution in [0.1, 0.15) is 12.8 Å². The molecule has 0 nitrogen and oxygen atoms in total. The maximum absolute atomic E-state index is 12.9. The van der Waals surface area contributed by atoms with E-state index in [0.717, 1.165) is 0 Å². The van der Waals surface area contributed by atoms with Gasteiger partial charge in [-0.05, 0) is 0 Å². The predicted octanol–water partition coefficient (Wildman–Crippen LogP) is 5.39. The lowest BCUT2D eigenvalue weighted by molar-refractivity contribution is -0.390. The summed E-state index contributed by atoms with van der Waals surface area (Å²) in [6.45, 7) is 0. The molecule has 0 spiro atoms. The number of thiol groups is 1. The van der Waals surface area contributed by atoms with E-state index in [1.165, 1.54) is 0 Å². The highest BCUT2D eigenvalue weighted by atomic mass is 32.1. The zero-order valence-electron chi connectivity index (χ0n) is 9.77. The van der Waals surface area contributed by atoms with E-state index in [2.05, 4.69) is 0 Å². The zero-order chi connectivity index (χ0) is 18.4. The first-order valence-electron chi connectivity index (χ1n) is 4.89. The van der Waals surface area contributed by atoms with Gasteiger partial charge in [0.1, 0.15) is 0 Å². The molecule has 0 aliphatic carbocycles. The van der Waals surface area contributed by atoms with Crippen LogP contribution < -0.4 is 0 Å². The molecule has 0 saturated heterocycles. The molecule has 0 unspecified atom stereocenters. The van der Waals surface area contributed by atoms with Crippen LogP contribution >= 0.6 is 12.6 Å². The van der Waals surface area contributed by atoms with Crippen LogP contribution in [0.25, 0.3) is 0 Å². The third-order valence-corrected chi connectivity index (χ3v) is 2.63. The summed E-state index contributed by atoms with van der Waals surface area (Å²) in [6, 6.07) is 0. The number of rotatable bonds is 6. The molecule has 0 N–H and O–H groups in total. The molecule has 0 aromatic rings. The van der Waals surface area contributed by atoms with Crippen molar-refractivity contribution in [2.45, 2.75) is 48.0 Å². The summed E-state index contributed by atoms with van der Waals surface area (Å²) < 4.78 is 161. The average Bonchev–Trinajstić information content (AvgIpc) is 2.23. The lowest BCUT2D eigenvalue weighted by Crippen LogP contribution is -2.66. The molecular formula is C8H5F13S. The molecule has 0 aliphatic heterocycles. The fourth-order valence-corrected chi connectivity index (χ4v) is 1.21. The largest absolute Gasteiger partial charge is 0.389 e. The van der Waals surface area contributed by atoms with Crippen molar-refractivity contribution in [3.8, 4) is 0 Å². The first kappa shape index (κ1) is 21.4. The van der Waals surface area contributed by atoms with Crippen LogP contribution in [-0.2, 0) is 0 Å². The molecule has 0 radical (unpaired) electrons. The third-order valence-electron chi connectivity index (χ3n) is 2.35. The summed E-state index contributed by atoms with van der Waals surface area (Å²) in [6.07, 6.45) is -11.2. The molecule has 0 bridgehead atoms. The van der Waals surface area contributed by atoms with Gasteiger partial charge < -0.3 is 0 Å². The highest BCUT2D eigenvalue weighted by Crippen LogP contribution is 2.58. The van der Waals surface area contributed by atoms with Gasteiger partial charge in [0, 0.05) is 12.8 Å². The summed E-state index contributed by atoms with van der Waals surface area (Å²) >= 11 is 1.63. The molecule has 0 atom stereocenters. The maximum Gasteiger partial charge on any atom is 0.389 e. The lowest BCUT2D eigenvalue weighted by atomic mass is 9.95. The van der Waals surface area contributed by atoms with Crippen LogP contribution in [0, 0.1) is 0 Å². The van der Waals surface area contributed by atoms with Gasteiger partial charge in [-0.2, -0.15) is 57.1 Å². The minimum Gasteiger partial charge on any atom is -0.200 e. The first-order chi connectivity index (χ1) is 9.21. The minimum absolute atomic E-state index is 1.63. The minimum atomic E-state index is -7.37. The molecule has 0 aliphatic rings. The fraction of sp³-hybridized carbons (Fsp3) is 1.00. The smallest absolute Gasteiger partial charge is 0.200 e. The van der Waals surface area contributed by atoms with Gasteiger partial charge in [-0.3, -0.25) is 0 Å². The van der Waals surface area contributed by atoms with Crippen molar-refractivity contribution in [3.63, 3.8) is 0 Å². The van der Waals surface area contributed by atoms with Crippen molar-refractivity contribution >= 4 is 12.6 Å². The highest BCUT2D eigenvalue weighted by Gasteiger charge is 2.85. The van der Waals surface area contributed by atoms with Crippen LogP contribution in [-0.4, -0.2) is 35.1 Å². The Labute approximate surface area is 119 Å². The van der Waals surface area contributed by atoms with Crippen molar-refractivity contribution < 1.29 is 57.1 Å². The summed E-state index contributed by atoms with van der Waals surface area (Å²) in [4.78, 5) is 0. The van der Waals surface area contributed by atoms with E-state index in [1.54, 1.807) is 12.6 Å². The monoisotopic (exact) mass is 380 g/mol. The predicted molar refractivity (Wildman–Crippen MR) is 49.0 cm³/mol. The van der Waals surface area contributed by atoms with Crippen molar-refractivity contribution in [2.75, 3.05) is 0 Å². The summed E-state index contributed by atoms with van der Waals surface area (Å²) in [7, 11) is 0. The molecular weight excluding hydrogens is 375 g/mol. The average molecular weight is 380 g/mol. The molecule has 22 heavy (non-hydrogen) atoms. The van der Waals surface area contributed by atoms with Gasteiger partial charge in [0.25, 0.3) is 0 Å². The van der Waals surface area contributed by atoms with E-state index in [9.17, 15) is 57.1 Å². The Morgan fingerprint density at radius 1 is 0.500 bits per heavy atom. The van der Waals surface area contributed by atoms with Crippen molar-refractivity contribution in [1.82, 2.24) is 0 Å². The third kappa shape index (κ3) is 3.67.